The fourth-order valence-corrected chi connectivity index (χ4v) is 3.43. The fourth-order valence-electron chi connectivity index (χ4n) is 3.43. The molecule has 0 atom stereocenters. The number of hydrogen-bond acceptors (Lipinski definition) is 3. The quantitative estimate of drug-likeness (QED) is 0.767. The molecule has 1 aliphatic heterocycles. The number of likely N-dealkylation sites (tertiary alicyclic amines) is 1. The number of hydrogen-bond donors (Lipinski definition) is 2. The Morgan fingerprint density at radius 2 is 1.88 bits per heavy atom. The third-order valence-corrected chi connectivity index (χ3v) is 4.61. The minimum atomic E-state index is 0.249. The van der Waals surface area contributed by atoms with Gasteiger partial charge in [-0.15, -0.1) is 0 Å². The third-order valence-electron chi connectivity index (χ3n) is 4.61. The summed E-state index contributed by atoms with van der Waals surface area (Å²) in [5.74, 6) is 0. The van der Waals surface area contributed by atoms with Gasteiger partial charge in [0.2, 0.25) is 0 Å². The molecule has 0 aromatic heterocycles. The maximum Gasteiger partial charge on any atom is 0.0330 e. The van der Waals surface area contributed by atoms with Gasteiger partial charge in [0.1, 0.15) is 0 Å². The van der Waals surface area contributed by atoms with Gasteiger partial charge in [0.05, 0.1) is 0 Å². The van der Waals surface area contributed by atoms with E-state index >= 15 is 0 Å². The van der Waals surface area contributed by atoms with Gasteiger partial charge < -0.3 is 16.0 Å². The molecule has 2 aliphatic rings. The maximum absolute atomic E-state index is 6.05. The lowest BCUT2D eigenvalue weighted by molar-refractivity contribution is 0.129. The first-order valence-electron chi connectivity index (χ1n) is 7.48. The summed E-state index contributed by atoms with van der Waals surface area (Å²) in [6.07, 6.45) is 9.27. The molecule has 3 N–H and O–H groups in total. The second-order valence-electron chi connectivity index (χ2n) is 5.95. The van der Waals surface area contributed by atoms with Gasteiger partial charge in [-0.3, -0.25) is 0 Å². The topological polar surface area (TPSA) is 41.3 Å². The van der Waals surface area contributed by atoms with Crippen LogP contribution in [0.3, 0.4) is 0 Å². The van der Waals surface area contributed by atoms with Gasteiger partial charge in [0.25, 0.3) is 0 Å². The molecule has 1 aliphatic carbocycles. The van der Waals surface area contributed by atoms with Gasteiger partial charge >= 0.3 is 0 Å². The molecule has 17 heavy (non-hydrogen) atoms. The minimum absolute atomic E-state index is 0.249. The molecule has 0 spiro atoms. The third kappa shape index (κ3) is 3.43. The van der Waals surface area contributed by atoms with Gasteiger partial charge in [0.15, 0.2) is 0 Å². The Hall–Kier alpha value is -0.120. The van der Waals surface area contributed by atoms with Crippen LogP contribution in [0.25, 0.3) is 0 Å². The number of nitrogens with zero attached hydrogens (tertiary/aromatic N) is 1. The van der Waals surface area contributed by atoms with Crippen LogP contribution in [0.5, 0.6) is 0 Å². The number of nitrogens with one attached hydrogen (secondary N) is 1. The van der Waals surface area contributed by atoms with E-state index in [0.717, 1.165) is 12.6 Å². The Labute approximate surface area is 106 Å². The standard InChI is InChI=1S/C14H29N3/c1-2-9-17-10-7-14(12-15,8-11-17)16-13-5-3-4-6-13/h13,16H,2-12,15H2,1H3. The Balaban J connectivity index is 1.83. The number of nitrogens with two attached hydrogens (primary N) is 1. The molecule has 100 valence electrons. The molecule has 0 aromatic rings. The molecule has 2 rings (SSSR count). The summed E-state index contributed by atoms with van der Waals surface area (Å²) in [5.41, 5.74) is 6.30. The summed E-state index contributed by atoms with van der Waals surface area (Å²) in [6.45, 7) is 6.78. The number of rotatable bonds is 5. The van der Waals surface area contributed by atoms with E-state index in [-0.39, 0.29) is 5.54 Å². The van der Waals surface area contributed by atoms with Crippen molar-refractivity contribution in [2.45, 2.75) is 63.5 Å². The van der Waals surface area contributed by atoms with Gasteiger partial charge in [0, 0.05) is 18.1 Å². The second kappa shape index (κ2) is 6.17. The van der Waals surface area contributed by atoms with Crippen molar-refractivity contribution in [3.8, 4) is 0 Å². The molecule has 0 bridgehead atoms. The molecule has 1 saturated heterocycles. The van der Waals surface area contributed by atoms with Crippen LogP contribution < -0.4 is 11.1 Å². The zero-order valence-electron chi connectivity index (χ0n) is 11.4. The summed E-state index contributed by atoms with van der Waals surface area (Å²) in [4.78, 5) is 2.59. The normalized spacial score (nSPS) is 26.5. The monoisotopic (exact) mass is 239 g/mol. The van der Waals surface area contributed by atoms with Crippen molar-refractivity contribution in [2.24, 2.45) is 5.73 Å². The second-order valence-corrected chi connectivity index (χ2v) is 5.95. The lowest BCUT2D eigenvalue weighted by Crippen LogP contribution is -2.60. The van der Waals surface area contributed by atoms with Gasteiger partial charge in [-0.05, 0) is 51.7 Å². The van der Waals surface area contributed by atoms with Crippen molar-refractivity contribution >= 4 is 0 Å². The van der Waals surface area contributed by atoms with E-state index in [4.69, 9.17) is 5.73 Å². The highest BCUT2D eigenvalue weighted by molar-refractivity contribution is 4.97. The average Bonchev–Trinajstić information content (AvgIpc) is 2.85. The average molecular weight is 239 g/mol. The largest absolute Gasteiger partial charge is 0.329 e. The summed E-state index contributed by atoms with van der Waals surface area (Å²) in [7, 11) is 0. The van der Waals surface area contributed by atoms with E-state index in [1.165, 1.54) is 64.6 Å². The van der Waals surface area contributed by atoms with Crippen molar-refractivity contribution < 1.29 is 0 Å². The van der Waals surface area contributed by atoms with E-state index in [2.05, 4.69) is 17.1 Å². The first-order chi connectivity index (χ1) is 8.28. The van der Waals surface area contributed by atoms with E-state index < -0.39 is 0 Å². The minimum Gasteiger partial charge on any atom is -0.329 e. The molecule has 1 saturated carbocycles. The van der Waals surface area contributed by atoms with Crippen LogP contribution in [0.4, 0.5) is 0 Å². The molecule has 0 unspecified atom stereocenters. The Kier molecular flexibility index (Phi) is 4.83. The smallest absolute Gasteiger partial charge is 0.0330 e. The predicted octanol–water partition coefficient (Wildman–Crippen LogP) is 1.72. The zero-order chi connectivity index (χ0) is 12.1. The maximum atomic E-state index is 6.05. The highest BCUT2D eigenvalue weighted by Gasteiger charge is 2.35. The van der Waals surface area contributed by atoms with Crippen LogP contribution in [-0.2, 0) is 0 Å². The Morgan fingerprint density at radius 1 is 1.24 bits per heavy atom. The zero-order valence-corrected chi connectivity index (χ0v) is 11.4. The van der Waals surface area contributed by atoms with E-state index in [0.29, 0.717) is 0 Å². The van der Waals surface area contributed by atoms with Crippen molar-refractivity contribution in [3.05, 3.63) is 0 Å². The lowest BCUT2D eigenvalue weighted by atomic mass is 9.86. The molecule has 1 heterocycles. The van der Waals surface area contributed by atoms with E-state index in [1.807, 2.05) is 0 Å². The van der Waals surface area contributed by atoms with Crippen LogP contribution in [0.2, 0.25) is 0 Å². The predicted molar refractivity (Wildman–Crippen MR) is 73.1 cm³/mol. The lowest BCUT2D eigenvalue weighted by Gasteiger charge is -2.43. The van der Waals surface area contributed by atoms with Crippen molar-refractivity contribution in [1.82, 2.24) is 10.2 Å². The molecule has 0 aromatic carbocycles. The van der Waals surface area contributed by atoms with E-state index in [9.17, 15) is 0 Å². The summed E-state index contributed by atoms with van der Waals surface area (Å²) >= 11 is 0. The first kappa shape index (κ1) is 13.3. The SMILES string of the molecule is CCCN1CCC(CN)(NC2CCCC2)CC1. The molecule has 0 radical (unpaired) electrons. The van der Waals surface area contributed by atoms with Gasteiger partial charge in [-0.25, -0.2) is 0 Å². The molecular weight excluding hydrogens is 210 g/mol. The van der Waals surface area contributed by atoms with Gasteiger partial charge in [-0.1, -0.05) is 19.8 Å². The van der Waals surface area contributed by atoms with Crippen LogP contribution >= 0.6 is 0 Å². The fraction of sp³-hybridized carbons (Fsp3) is 1.00. The molecule has 2 fully saturated rings. The van der Waals surface area contributed by atoms with Crippen molar-refractivity contribution in [1.29, 1.82) is 0 Å². The molecule has 0 amide bonds. The highest BCUT2D eigenvalue weighted by Crippen LogP contribution is 2.26. The molecule has 3 heteroatoms. The molecule has 3 nitrogen and oxygen atoms in total. The summed E-state index contributed by atoms with van der Waals surface area (Å²) < 4.78 is 0. The first-order valence-corrected chi connectivity index (χ1v) is 7.48. The van der Waals surface area contributed by atoms with Crippen LogP contribution in [-0.4, -0.2) is 42.7 Å². The van der Waals surface area contributed by atoms with E-state index in [1.54, 1.807) is 0 Å². The van der Waals surface area contributed by atoms with Crippen LogP contribution in [0, 0.1) is 0 Å². The van der Waals surface area contributed by atoms with Crippen molar-refractivity contribution in [2.75, 3.05) is 26.2 Å². The summed E-state index contributed by atoms with van der Waals surface area (Å²) in [6, 6.07) is 0.747. The molecular formula is C14H29N3. The summed E-state index contributed by atoms with van der Waals surface area (Å²) in [5, 5.41) is 3.89. The number of piperidine rings is 1. The van der Waals surface area contributed by atoms with Crippen LogP contribution in [0.15, 0.2) is 0 Å². The van der Waals surface area contributed by atoms with Crippen molar-refractivity contribution in [3.63, 3.8) is 0 Å². The van der Waals surface area contributed by atoms with Gasteiger partial charge in [-0.2, -0.15) is 0 Å². The highest BCUT2D eigenvalue weighted by atomic mass is 15.2. The van der Waals surface area contributed by atoms with Crippen LogP contribution in [0.1, 0.15) is 51.9 Å². The Morgan fingerprint density at radius 3 is 2.41 bits per heavy atom. The Bertz CT molecular complexity index is 216.